The minimum Gasteiger partial charge on any atom is -0.316 e. The third-order valence-corrected chi connectivity index (χ3v) is 6.45. The third kappa shape index (κ3) is 1.67. The van der Waals surface area contributed by atoms with E-state index in [0.717, 1.165) is 35.8 Å². The van der Waals surface area contributed by atoms with Gasteiger partial charge in [0.05, 0.1) is 6.17 Å². The van der Waals surface area contributed by atoms with Crippen LogP contribution in [0.1, 0.15) is 32.6 Å². The molecule has 0 aromatic carbocycles. The lowest BCUT2D eigenvalue weighted by Gasteiger charge is -2.51. The first-order valence-electron chi connectivity index (χ1n) is 7.91. The van der Waals surface area contributed by atoms with E-state index in [1.165, 1.54) is 38.8 Å². The Balaban J connectivity index is 1.55. The van der Waals surface area contributed by atoms with Crippen molar-refractivity contribution in [2.24, 2.45) is 23.7 Å². The molecule has 102 valence electrons. The Hall–Kier alpha value is -0.120. The second-order valence-corrected chi connectivity index (χ2v) is 7.33. The molecule has 3 nitrogen and oxygen atoms in total. The Kier molecular flexibility index (Phi) is 2.72. The second-order valence-electron chi connectivity index (χ2n) is 7.33. The molecule has 4 rings (SSSR count). The molecule has 4 fully saturated rings. The van der Waals surface area contributed by atoms with Crippen LogP contribution >= 0.6 is 0 Å². The zero-order valence-corrected chi connectivity index (χ0v) is 11.7. The maximum absolute atomic E-state index is 3.82. The van der Waals surface area contributed by atoms with Crippen LogP contribution in [0.5, 0.6) is 0 Å². The Morgan fingerprint density at radius 1 is 1.00 bits per heavy atom. The van der Waals surface area contributed by atoms with Gasteiger partial charge in [0.25, 0.3) is 0 Å². The van der Waals surface area contributed by atoms with Gasteiger partial charge in [-0.25, -0.2) is 0 Å². The van der Waals surface area contributed by atoms with Crippen LogP contribution < -0.4 is 10.6 Å². The van der Waals surface area contributed by atoms with Crippen LogP contribution in [0.4, 0.5) is 0 Å². The van der Waals surface area contributed by atoms with Crippen LogP contribution in [0, 0.1) is 23.7 Å². The van der Waals surface area contributed by atoms with E-state index < -0.39 is 0 Å². The largest absolute Gasteiger partial charge is 0.316 e. The van der Waals surface area contributed by atoms with E-state index >= 15 is 0 Å². The van der Waals surface area contributed by atoms with E-state index in [0.29, 0.717) is 6.17 Å². The average molecular weight is 249 g/mol. The van der Waals surface area contributed by atoms with Gasteiger partial charge in [0, 0.05) is 12.1 Å². The summed E-state index contributed by atoms with van der Waals surface area (Å²) in [5.74, 6) is 3.98. The van der Waals surface area contributed by atoms with Crippen LogP contribution in [-0.4, -0.2) is 43.3 Å². The van der Waals surface area contributed by atoms with Crippen molar-refractivity contribution in [1.82, 2.24) is 15.5 Å². The summed E-state index contributed by atoms with van der Waals surface area (Å²) in [4.78, 5) is 2.59. The van der Waals surface area contributed by atoms with Gasteiger partial charge in [-0.05, 0) is 76.4 Å². The van der Waals surface area contributed by atoms with Crippen LogP contribution in [0.3, 0.4) is 0 Å². The summed E-state index contributed by atoms with van der Waals surface area (Å²) in [6.07, 6.45) is 6.48. The molecule has 0 radical (unpaired) electrons. The molecule has 0 aromatic rings. The molecule has 0 spiro atoms. The Morgan fingerprint density at radius 2 is 1.83 bits per heavy atom. The molecule has 2 bridgehead atoms. The van der Waals surface area contributed by atoms with Crippen molar-refractivity contribution < 1.29 is 0 Å². The summed E-state index contributed by atoms with van der Waals surface area (Å²) in [5.41, 5.74) is 0. The highest BCUT2D eigenvalue weighted by atomic mass is 15.3. The zero-order valence-electron chi connectivity index (χ0n) is 11.7. The molecule has 4 aliphatic rings. The smallest absolute Gasteiger partial charge is 0.0571 e. The first-order chi connectivity index (χ1) is 8.72. The lowest BCUT2D eigenvalue weighted by atomic mass is 9.59. The third-order valence-electron chi connectivity index (χ3n) is 6.45. The number of hydrogen-bond acceptors (Lipinski definition) is 3. The Labute approximate surface area is 111 Å². The number of likely N-dealkylation sites (N-methyl/N-ethyl adjacent to an activating group) is 1. The molecule has 0 aromatic heterocycles. The molecule has 2 N–H and O–H groups in total. The van der Waals surface area contributed by atoms with Gasteiger partial charge in [-0.1, -0.05) is 0 Å². The zero-order chi connectivity index (χ0) is 12.3. The van der Waals surface area contributed by atoms with Gasteiger partial charge in [0.15, 0.2) is 0 Å². The number of nitrogens with zero attached hydrogens (tertiary/aromatic N) is 1. The van der Waals surface area contributed by atoms with Gasteiger partial charge in [0.2, 0.25) is 0 Å². The summed E-state index contributed by atoms with van der Waals surface area (Å²) >= 11 is 0. The second kappa shape index (κ2) is 4.19. The topological polar surface area (TPSA) is 27.3 Å². The first kappa shape index (κ1) is 11.7. The van der Waals surface area contributed by atoms with Crippen LogP contribution in [0.25, 0.3) is 0 Å². The van der Waals surface area contributed by atoms with E-state index in [4.69, 9.17) is 0 Å². The lowest BCUT2D eigenvalue weighted by Crippen LogP contribution is -2.53. The number of rotatable bonds is 0. The van der Waals surface area contributed by atoms with Crippen molar-refractivity contribution in [2.75, 3.05) is 20.1 Å². The number of fused-ring (bicyclic) bond motifs is 5. The maximum atomic E-state index is 3.82. The van der Waals surface area contributed by atoms with Gasteiger partial charge in [0.1, 0.15) is 0 Å². The highest BCUT2D eigenvalue weighted by molar-refractivity contribution is 5.04. The van der Waals surface area contributed by atoms with E-state index in [1.54, 1.807) is 0 Å². The molecule has 2 saturated carbocycles. The molecular weight excluding hydrogens is 222 g/mol. The molecule has 7 atom stereocenters. The number of hydrogen-bond donors (Lipinski definition) is 2. The Morgan fingerprint density at radius 3 is 2.72 bits per heavy atom. The van der Waals surface area contributed by atoms with Crippen LogP contribution in [0.15, 0.2) is 0 Å². The van der Waals surface area contributed by atoms with Gasteiger partial charge in [-0.2, -0.15) is 0 Å². The first-order valence-corrected chi connectivity index (χ1v) is 7.91. The number of nitrogens with one attached hydrogen (secondary N) is 2. The quantitative estimate of drug-likeness (QED) is 0.677. The molecule has 2 saturated heterocycles. The Bertz CT molecular complexity index is 332. The fourth-order valence-electron chi connectivity index (χ4n) is 5.49. The van der Waals surface area contributed by atoms with E-state index in [1.807, 2.05) is 0 Å². The maximum Gasteiger partial charge on any atom is 0.0571 e. The number of piperidine rings is 1. The predicted molar refractivity (Wildman–Crippen MR) is 73.2 cm³/mol. The molecule has 2 heterocycles. The predicted octanol–water partition coefficient (Wildman–Crippen LogP) is 1.26. The van der Waals surface area contributed by atoms with Crippen molar-refractivity contribution in [3.8, 4) is 0 Å². The molecular formula is C15H27N3. The standard InChI is InChI=1S/C15H27N3/c1-9-17-14-6-13-11(5-15(14)18(9)2)3-10-4-12(13)8-16-7-10/h9-17H,3-8H2,1-2H3. The average Bonchev–Trinajstić information content (AvgIpc) is 2.64. The van der Waals surface area contributed by atoms with Crippen molar-refractivity contribution in [3.05, 3.63) is 0 Å². The fraction of sp³-hybridized carbons (Fsp3) is 1.00. The molecule has 3 heteroatoms. The normalized spacial score (nSPS) is 56.0. The van der Waals surface area contributed by atoms with Crippen molar-refractivity contribution in [1.29, 1.82) is 0 Å². The molecule has 7 unspecified atom stereocenters. The van der Waals surface area contributed by atoms with Crippen LogP contribution in [-0.2, 0) is 0 Å². The van der Waals surface area contributed by atoms with Crippen molar-refractivity contribution in [2.45, 2.75) is 50.9 Å². The van der Waals surface area contributed by atoms with Crippen LogP contribution in [0.2, 0.25) is 0 Å². The summed E-state index contributed by atoms with van der Waals surface area (Å²) < 4.78 is 0. The lowest BCUT2D eigenvalue weighted by molar-refractivity contribution is 0.0166. The summed E-state index contributed by atoms with van der Waals surface area (Å²) in [6.45, 7) is 4.90. The highest BCUT2D eigenvalue weighted by Gasteiger charge is 2.49. The van der Waals surface area contributed by atoms with E-state index in [-0.39, 0.29) is 0 Å². The fourth-order valence-corrected chi connectivity index (χ4v) is 5.49. The summed E-state index contributed by atoms with van der Waals surface area (Å²) in [7, 11) is 2.31. The molecule has 0 amide bonds. The summed E-state index contributed by atoms with van der Waals surface area (Å²) in [6, 6.07) is 1.58. The minimum atomic E-state index is 0.581. The van der Waals surface area contributed by atoms with E-state index in [2.05, 4.69) is 29.5 Å². The minimum absolute atomic E-state index is 0.581. The van der Waals surface area contributed by atoms with Gasteiger partial charge >= 0.3 is 0 Å². The van der Waals surface area contributed by atoms with Crippen molar-refractivity contribution >= 4 is 0 Å². The summed E-state index contributed by atoms with van der Waals surface area (Å²) in [5, 5.41) is 7.48. The monoisotopic (exact) mass is 249 g/mol. The van der Waals surface area contributed by atoms with Gasteiger partial charge < -0.3 is 5.32 Å². The molecule has 2 aliphatic heterocycles. The van der Waals surface area contributed by atoms with Gasteiger partial charge in [-0.3, -0.25) is 10.2 Å². The SMILES string of the molecule is CC1NC2CC3C4CNCC(C4)CC3CC2N1C. The van der Waals surface area contributed by atoms with E-state index in [9.17, 15) is 0 Å². The van der Waals surface area contributed by atoms with Crippen molar-refractivity contribution in [3.63, 3.8) is 0 Å². The molecule has 2 aliphatic carbocycles. The van der Waals surface area contributed by atoms with Gasteiger partial charge in [-0.15, -0.1) is 0 Å². The molecule has 18 heavy (non-hydrogen) atoms. The highest BCUT2D eigenvalue weighted by Crippen LogP contribution is 2.48.